The number of hydrogen-bond acceptors (Lipinski definition) is 5. The average Bonchev–Trinajstić information content (AvgIpc) is 2.71. The molecule has 102 valence electrons. The smallest absolute Gasteiger partial charge is 0.346 e. The van der Waals surface area contributed by atoms with E-state index in [1.165, 1.54) is 6.33 Å². The summed E-state index contributed by atoms with van der Waals surface area (Å²) >= 11 is 2.81. The molecule has 0 atom stereocenters. The molecule has 7 heteroatoms. The van der Waals surface area contributed by atoms with E-state index in [1.807, 2.05) is 0 Å². The van der Waals surface area contributed by atoms with Gasteiger partial charge in [-0.2, -0.15) is 11.8 Å². The van der Waals surface area contributed by atoms with Crippen LogP contribution in [0.15, 0.2) is 11.1 Å². The first-order valence-electron chi connectivity index (χ1n) is 5.85. The van der Waals surface area contributed by atoms with Crippen molar-refractivity contribution in [3.05, 3.63) is 27.1 Å². The van der Waals surface area contributed by atoms with Gasteiger partial charge in [0.2, 0.25) is 0 Å². The first-order chi connectivity index (χ1) is 9.06. The Labute approximate surface area is 118 Å². The third kappa shape index (κ3) is 2.66. The summed E-state index contributed by atoms with van der Waals surface area (Å²) in [6.07, 6.45) is 1.50. The maximum absolute atomic E-state index is 12.3. The third-order valence-electron chi connectivity index (χ3n) is 2.79. The number of aromatic nitrogens is 2. The molecular weight excluding hydrogens is 284 g/mol. The van der Waals surface area contributed by atoms with Crippen molar-refractivity contribution in [3.8, 4) is 0 Å². The summed E-state index contributed by atoms with van der Waals surface area (Å²) in [4.78, 5) is 28.3. The molecule has 0 unspecified atom stereocenters. The van der Waals surface area contributed by atoms with E-state index < -0.39 is 5.97 Å². The van der Waals surface area contributed by atoms with Gasteiger partial charge in [-0.3, -0.25) is 9.36 Å². The minimum Gasteiger partial charge on any atom is -0.477 e. The lowest BCUT2D eigenvalue weighted by atomic mass is 10.2. The summed E-state index contributed by atoms with van der Waals surface area (Å²) in [6.45, 7) is 4.32. The molecule has 0 fully saturated rings. The van der Waals surface area contributed by atoms with E-state index in [0.29, 0.717) is 22.3 Å². The minimum atomic E-state index is -1.01. The number of carboxylic acids is 1. The first-order valence-corrected chi connectivity index (χ1v) is 7.83. The van der Waals surface area contributed by atoms with Crippen molar-refractivity contribution < 1.29 is 9.90 Å². The predicted octanol–water partition coefficient (Wildman–Crippen LogP) is 2.22. The minimum absolute atomic E-state index is 0.150. The molecule has 0 amide bonds. The van der Waals surface area contributed by atoms with Crippen LogP contribution in [0.5, 0.6) is 0 Å². The van der Waals surface area contributed by atoms with Crippen LogP contribution in [0.3, 0.4) is 0 Å². The molecule has 2 heterocycles. The van der Waals surface area contributed by atoms with Gasteiger partial charge in [0, 0.05) is 12.3 Å². The number of thiophene rings is 1. The number of carboxylic acid groups (broad SMARTS) is 1. The molecule has 2 rings (SSSR count). The van der Waals surface area contributed by atoms with Gasteiger partial charge in [-0.05, 0) is 18.2 Å². The SMILES string of the molecule is CCSCCn1cnc2sc(C(=O)O)c(C)c2c1=O. The predicted molar refractivity (Wildman–Crippen MR) is 78.6 cm³/mol. The molecular formula is C12H14N2O3S2. The second kappa shape index (κ2) is 5.75. The molecule has 2 aromatic heterocycles. The number of aryl methyl sites for hydroxylation is 2. The second-order valence-electron chi connectivity index (χ2n) is 3.98. The van der Waals surface area contributed by atoms with E-state index in [1.54, 1.807) is 23.3 Å². The molecule has 0 aromatic carbocycles. The topological polar surface area (TPSA) is 72.2 Å². The molecule has 1 N–H and O–H groups in total. The highest BCUT2D eigenvalue weighted by Gasteiger charge is 2.18. The standard InChI is InChI=1S/C12H14N2O3S2/c1-3-18-5-4-14-6-13-10-8(11(14)15)7(2)9(19-10)12(16)17/h6H,3-5H2,1-2H3,(H,16,17). The monoisotopic (exact) mass is 298 g/mol. The summed E-state index contributed by atoms with van der Waals surface area (Å²) < 4.78 is 1.55. The van der Waals surface area contributed by atoms with Gasteiger partial charge in [-0.15, -0.1) is 11.3 Å². The van der Waals surface area contributed by atoms with E-state index in [0.717, 1.165) is 22.8 Å². The van der Waals surface area contributed by atoms with Gasteiger partial charge in [-0.1, -0.05) is 6.92 Å². The maximum Gasteiger partial charge on any atom is 0.346 e. The Morgan fingerprint density at radius 2 is 2.32 bits per heavy atom. The van der Waals surface area contributed by atoms with E-state index in [-0.39, 0.29) is 10.4 Å². The van der Waals surface area contributed by atoms with Gasteiger partial charge in [0.05, 0.1) is 11.7 Å². The van der Waals surface area contributed by atoms with Gasteiger partial charge in [0.15, 0.2) is 0 Å². The van der Waals surface area contributed by atoms with Crippen molar-refractivity contribution in [1.82, 2.24) is 9.55 Å². The van der Waals surface area contributed by atoms with Crippen LogP contribution < -0.4 is 5.56 Å². The average molecular weight is 298 g/mol. The number of hydrogen-bond donors (Lipinski definition) is 1. The zero-order chi connectivity index (χ0) is 14.0. The Hall–Kier alpha value is -1.34. The molecule has 0 aliphatic heterocycles. The zero-order valence-electron chi connectivity index (χ0n) is 10.7. The van der Waals surface area contributed by atoms with Crippen molar-refractivity contribution in [2.45, 2.75) is 20.4 Å². The van der Waals surface area contributed by atoms with E-state index in [4.69, 9.17) is 5.11 Å². The third-order valence-corrected chi connectivity index (χ3v) is 4.86. The van der Waals surface area contributed by atoms with E-state index >= 15 is 0 Å². The van der Waals surface area contributed by atoms with Gasteiger partial charge >= 0.3 is 5.97 Å². The quantitative estimate of drug-likeness (QED) is 0.857. The number of nitrogens with zero attached hydrogens (tertiary/aromatic N) is 2. The van der Waals surface area contributed by atoms with Crippen molar-refractivity contribution in [2.24, 2.45) is 0 Å². The van der Waals surface area contributed by atoms with Gasteiger partial charge in [-0.25, -0.2) is 9.78 Å². The second-order valence-corrected chi connectivity index (χ2v) is 6.37. The maximum atomic E-state index is 12.3. The molecule has 19 heavy (non-hydrogen) atoms. The molecule has 0 aliphatic carbocycles. The van der Waals surface area contributed by atoms with Gasteiger partial charge < -0.3 is 5.11 Å². The first kappa shape index (κ1) is 14.1. The number of carbonyl (C=O) groups is 1. The van der Waals surface area contributed by atoms with E-state index in [9.17, 15) is 9.59 Å². The molecule has 0 saturated carbocycles. The van der Waals surface area contributed by atoms with Crippen LogP contribution in [-0.4, -0.2) is 32.1 Å². The molecule has 0 bridgehead atoms. The summed E-state index contributed by atoms with van der Waals surface area (Å²) in [5.74, 6) is 0.844. The number of rotatable bonds is 5. The molecule has 0 saturated heterocycles. The normalized spacial score (nSPS) is 11.1. The Bertz CT molecular complexity index is 675. The number of thioether (sulfide) groups is 1. The van der Waals surface area contributed by atoms with Crippen LogP contribution in [0.1, 0.15) is 22.2 Å². The molecule has 0 aliphatic rings. The highest BCUT2D eigenvalue weighted by Crippen LogP contribution is 2.26. The lowest BCUT2D eigenvalue weighted by Crippen LogP contribution is -2.21. The summed E-state index contributed by atoms with van der Waals surface area (Å²) in [5, 5.41) is 9.51. The Morgan fingerprint density at radius 1 is 1.58 bits per heavy atom. The van der Waals surface area contributed by atoms with Crippen molar-refractivity contribution in [2.75, 3.05) is 11.5 Å². The molecule has 0 radical (unpaired) electrons. The largest absolute Gasteiger partial charge is 0.477 e. The van der Waals surface area contributed by atoms with Crippen molar-refractivity contribution in [1.29, 1.82) is 0 Å². The lowest BCUT2D eigenvalue weighted by Gasteiger charge is -2.04. The fourth-order valence-corrected chi connectivity index (χ4v) is 3.42. The van der Waals surface area contributed by atoms with Crippen LogP contribution >= 0.6 is 23.1 Å². The summed E-state index contributed by atoms with van der Waals surface area (Å²) in [7, 11) is 0. The molecule has 0 spiro atoms. The van der Waals surface area contributed by atoms with Gasteiger partial charge in [0.25, 0.3) is 5.56 Å². The summed E-state index contributed by atoms with van der Waals surface area (Å²) in [6, 6.07) is 0. The number of aromatic carboxylic acids is 1. The Kier molecular flexibility index (Phi) is 4.26. The zero-order valence-corrected chi connectivity index (χ0v) is 12.3. The molecule has 2 aromatic rings. The van der Waals surface area contributed by atoms with Crippen LogP contribution in [0.25, 0.3) is 10.2 Å². The van der Waals surface area contributed by atoms with Gasteiger partial charge in [0.1, 0.15) is 9.71 Å². The molecule has 5 nitrogen and oxygen atoms in total. The van der Waals surface area contributed by atoms with Crippen LogP contribution in [-0.2, 0) is 6.54 Å². The Balaban J connectivity index is 2.49. The number of fused-ring (bicyclic) bond motifs is 1. The highest BCUT2D eigenvalue weighted by atomic mass is 32.2. The van der Waals surface area contributed by atoms with Crippen LogP contribution in [0, 0.1) is 6.92 Å². The van der Waals surface area contributed by atoms with Crippen LogP contribution in [0.2, 0.25) is 0 Å². The van der Waals surface area contributed by atoms with E-state index in [2.05, 4.69) is 11.9 Å². The van der Waals surface area contributed by atoms with Crippen molar-refractivity contribution in [3.63, 3.8) is 0 Å². The van der Waals surface area contributed by atoms with Crippen molar-refractivity contribution >= 4 is 39.3 Å². The summed E-state index contributed by atoms with van der Waals surface area (Å²) in [5.41, 5.74) is 0.366. The fraction of sp³-hybridized carbons (Fsp3) is 0.417. The lowest BCUT2D eigenvalue weighted by molar-refractivity contribution is 0.0701. The fourth-order valence-electron chi connectivity index (χ4n) is 1.83. The highest BCUT2D eigenvalue weighted by molar-refractivity contribution is 7.99. The Morgan fingerprint density at radius 3 is 2.95 bits per heavy atom. The van der Waals surface area contributed by atoms with Crippen LogP contribution in [0.4, 0.5) is 0 Å².